The van der Waals surface area contributed by atoms with Gasteiger partial charge in [0.05, 0.1) is 18.8 Å². The van der Waals surface area contributed by atoms with Crippen molar-refractivity contribution in [3.05, 3.63) is 38.5 Å². The number of aliphatic imine (C=N–C) groups is 1. The van der Waals surface area contributed by atoms with Crippen LogP contribution in [0.2, 0.25) is 0 Å². The van der Waals surface area contributed by atoms with Gasteiger partial charge in [-0.1, -0.05) is 19.9 Å². The van der Waals surface area contributed by atoms with Gasteiger partial charge in [-0.15, -0.1) is 22.7 Å². The Morgan fingerprint density at radius 1 is 1.30 bits per heavy atom. The van der Waals surface area contributed by atoms with Crippen LogP contribution in [0.4, 0.5) is 0 Å². The van der Waals surface area contributed by atoms with Crippen molar-refractivity contribution in [3.63, 3.8) is 0 Å². The first-order chi connectivity index (χ1) is 9.69. The Morgan fingerprint density at radius 2 is 2.10 bits per heavy atom. The minimum atomic E-state index is 0.483. The average molecular weight is 308 g/mol. The maximum absolute atomic E-state index is 4.60. The molecule has 0 spiro atoms. The number of hydrogen-bond donors (Lipinski definition) is 2. The monoisotopic (exact) mass is 308 g/mol. The smallest absolute Gasteiger partial charge is 0.191 e. The maximum atomic E-state index is 4.60. The number of thiazole rings is 1. The van der Waals surface area contributed by atoms with Gasteiger partial charge in [0, 0.05) is 17.3 Å². The highest BCUT2D eigenvalue weighted by Crippen LogP contribution is 2.17. The van der Waals surface area contributed by atoms with E-state index in [0.29, 0.717) is 12.5 Å². The molecular weight excluding hydrogens is 288 g/mol. The predicted molar refractivity (Wildman–Crippen MR) is 87.6 cm³/mol. The first-order valence-corrected chi connectivity index (χ1v) is 8.36. The molecule has 0 aliphatic rings. The second-order valence-corrected chi connectivity index (χ2v) is 6.65. The lowest BCUT2D eigenvalue weighted by Crippen LogP contribution is -2.36. The zero-order chi connectivity index (χ0) is 14.4. The third-order valence-electron chi connectivity index (χ3n) is 2.80. The van der Waals surface area contributed by atoms with E-state index < -0.39 is 0 Å². The van der Waals surface area contributed by atoms with E-state index in [-0.39, 0.29) is 0 Å². The van der Waals surface area contributed by atoms with E-state index in [9.17, 15) is 0 Å². The SMILES string of the molecule is CN=C(NCc1cccs1)NCc1nc(C(C)C)cs1. The molecule has 2 aromatic heterocycles. The van der Waals surface area contributed by atoms with Crippen molar-refractivity contribution in [1.82, 2.24) is 15.6 Å². The number of aromatic nitrogens is 1. The first-order valence-electron chi connectivity index (χ1n) is 6.60. The van der Waals surface area contributed by atoms with Gasteiger partial charge in [-0.2, -0.15) is 0 Å². The van der Waals surface area contributed by atoms with Gasteiger partial charge in [-0.3, -0.25) is 4.99 Å². The number of rotatable bonds is 5. The maximum Gasteiger partial charge on any atom is 0.191 e. The molecule has 0 atom stereocenters. The molecule has 0 aliphatic carbocycles. The molecule has 0 unspecified atom stereocenters. The van der Waals surface area contributed by atoms with E-state index in [1.165, 1.54) is 4.88 Å². The predicted octanol–water partition coefficient (Wildman–Crippen LogP) is 3.19. The number of nitrogens with one attached hydrogen (secondary N) is 2. The van der Waals surface area contributed by atoms with E-state index in [4.69, 9.17) is 0 Å². The van der Waals surface area contributed by atoms with Crippen LogP contribution >= 0.6 is 22.7 Å². The number of nitrogens with zero attached hydrogens (tertiary/aromatic N) is 2. The summed E-state index contributed by atoms with van der Waals surface area (Å²) in [6.07, 6.45) is 0. The van der Waals surface area contributed by atoms with E-state index >= 15 is 0 Å². The van der Waals surface area contributed by atoms with Crippen molar-refractivity contribution in [1.29, 1.82) is 0 Å². The lowest BCUT2D eigenvalue weighted by atomic mass is 10.2. The second-order valence-electron chi connectivity index (χ2n) is 4.68. The first kappa shape index (κ1) is 15.0. The number of guanidine groups is 1. The standard InChI is InChI=1S/C14H20N4S2/c1-10(2)12-9-20-13(18-12)8-17-14(15-3)16-7-11-5-4-6-19-11/h4-6,9-10H,7-8H2,1-3H3,(H2,15,16,17). The molecule has 2 rings (SSSR count). The van der Waals surface area contributed by atoms with E-state index in [1.54, 1.807) is 29.7 Å². The summed E-state index contributed by atoms with van der Waals surface area (Å²) in [5, 5.41) is 11.9. The Bertz CT molecular complexity index is 543. The normalized spacial score (nSPS) is 11.9. The summed E-state index contributed by atoms with van der Waals surface area (Å²) in [6, 6.07) is 4.17. The van der Waals surface area contributed by atoms with Gasteiger partial charge >= 0.3 is 0 Å². The molecule has 0 bridgehead atoms. The van der Waals surface area contributed by atoms with Crippen LogP contribution in [-0.2, 0) is 13.1 Å². The molecule has 0 aliphatic heterocycles. The van der Waals surface area contributed by atoms with Crippen molar-refractivity contribution in [2.24, 2.45) is 4.99 Å². The van der Waals surface area contributed by atoms with E-state index in [1.807, 2.05) is 0 Å². The molecule has 2 N–H and O–H groups in total. The van der Waals surface area contributed by atoms with Crippen LogP contribution in [0.3, 0.4) is 0 Å². The lowest BCUT2D eigenvalue weighted by molar-refractivity contribution is 0.788. The summed E-state index contributed by atoms with van der Waals surface area (Å²) in [4.78, 5) is 10.1. The average Bonchev–Trinajstić information content (AvgIpc) is 3.10. The van der Waals surface area contributed by atoms with Crippen LogP contribution in [-0.4, -0.2) is 18.0 Å². The largest absolute Gasteiger partial charge is 0.352 e. The molecule has 0 saturated heterocycles. The fourth-order valence-electron chi connectivity index (χ4n) is 1.64. The fraction of sp³-hybridized carbons (Fsp3) is 0.429. The molecule has 2 aromatic rings. The molecule has 108 valence electrons. The summed E-state index contributed by atoms with van der Waals surface area (Å²) < 4.78 is 0. The van der Waals surface area contributed by atoms with Gasteiger partial charge in [0.15, 0.2) is 5.96 Å². The van der Waals surface area contributed by atoms with Crippen molar-refractivity contribution < 1.29 is 0 Å². The van der Waals surface area contributed by atoms with Crippen LogP contribution in [0.1, 0.15) is 35.3 Å². The molecule has 20 heavy (non-hydrogen) atoms. The molecule has 0 fully saturated rings. The van der Waals surface area contributed by atoms with Gasteiger partial charge in [0.1, 0.15) is 5.01 Å². The molecule has 0 aromatic carbocycles. The molecule has 0 radical (unpaired) electrons. The van der Waals surface area contributed by atoms with Crippen LogP contribution in [0.5, 0.6) is 0 Å². The molecular formula is C14H20N4S2. The third kappa shape index (κ3) is 4.31. The van der Waals surface area contributed by atoms with Crippen LogP contribution < -0.4 is 10.6 Å². The Labute approximate surface area is 128 Å². The van der Waals surface area contributed by atoms with Gasteiger partial charge in [0.2, 0.25) is 0 Å². The molecule has 2 heterocycles. The Morgan fingerprint density at radius 3 is 2.70 bits per heavy atom. The van der Waals surface area contributed by atoms with Crippen molar-refractivity contribution in [2.75, 3.05) is 7.05 Å². The summed E-state index contributed by atoms with van der Waals surface area (Å²) >= 11 is 3.43. The lowest BCUT2D eigenvalue weighted by Gasteiger charge is -2.09. The number of thiophene rings is 1. The minimum Gasteiger partial charge on any atom is -0.352 e. The summed E-state index contributed by atoms with van der Waals surface area (Å²) in [6.45, 7) is 5.83. The number of hydrogen-bond acceptors (Lipinski definition) is 4. The Kier molecular flexibility index (Phi) is 5.55. The van der Waals surface area contributed by atoms with Gasteiger partial charge in [-0.25, -0.2) is 4.98 Å². The quantitative estimate of drug-likeness (QED) is 0.659. The van der Waals surface area contributed by atoms with Crippen molar-refractivity contribution >= 4 is 28.6 Å². The summed E-state index contributed by atoms with van der Waals surface area (Å²) in [5.41, 5.74) is 1.16. The van der Waals surface area contributed by atoms with Gasteiger partial charge in [-0.05, 0) is 17.4 Å². The zero-order valence-electron chi connectivity index (χ0n) is 12.0. The zero-order valence-corrected chi connectivity index (χ0v) is 13.6. The molecule has 6 heteroatoms. The van der Waals surface area contributed by atoms with Crippen LogP contribution in [0.25, 0.3) is 0 Å². The van der Waals surface area contributed by atoms with Crippen molar-refractivity contribution in [3.8, 4) is 0 Å². The highest BCUT2D eigenvalue weighted by atomic mass is 32.1. The topological polar surface area (TPSA) is 49.3 Å². The van der Waals surface area contributed by atoms with Gasteiger partial charge < -0.3 is 10.6 Å². The van der Waals surface area contributed by atoms with Crippen molar-refractivity contribution in [2.45, 2.75) is 32.9 Å². The second kappa shape index (κ2) is 7.40. The Balaban J connectivity index is 1.81. The molecule has 0 saturated carbocycles. The summed E-state index contributed by atoms with van der Waals surface area (Å²) in [5.74, 6) is 1.29. The highest BCUT2D eigenvalue weighted by Gasteiger charge is 2.06. The molecule has 0 amide bonds. The van der Waals surface area contributed by atoms with E-state index in [0.717, 1.165) is 23.2 Å². The molecule has 4 nitrogen and oxygen atoms in total. The minimum absolute atomic E-state index is 0.483. The fourth-order valence-corrected chi connectivity index (χ4v) is 3.18. The summed E-state index contributed by atoms with van der Waals surface area (Å²) in [7, 11) is 1.78. The third-order valence-corrected chi connectivity index (χ3v) is 4.55. The highest BCUT2D eigenvalue weighted by molar-refractivity contribution is 7.10. The Hall–Kier alpha value is -1.40. The van der Waals surface area contributed by atoms with Crippen LogP contribution in [0, 0.1) is 0 Å². The van der Waals surface area contributed by atoms with Crippen LogP contribution in [0.15, 0.2) is 27.9 Å². The van der Waals surface area contributed by atoms with E-state index in [2.05, 4.69) is 57.4 Å². The van der Waals surface area contributed by atoms with Gasteiger partial charge in [0.25, 0.3) is 0 Å².